The summed E-state index contributed by atoms with van der Waals surface area (Å²) in [5, 5.41) is 10.1. The minimum Gasteiger partial charge on any atom is -0.391 e. The number of aromatic nitrogens is 1. The van der Waals surface area contributed by atoms with Crippen LogP contribution in [0, 0.1) is 6.92 Å². The van der Waals surface area contributed by atoms with Crippen LogP contribution in [0.5, 0.6) is 0 Å². The Balaban J connectivity index is 2.20. The third-order valence-corrected chi connectivity index (χ3v) is 3.60. The van der Waals surface area contributed by atoms with Gasteiger partial charge in [0.15, 0.2) is 5.13 Å². The van der Waals surface area contributed by atoms with E-state index in [2.05, 4.69) is 9.88 Å². The molecule has 3 nitrogen and oxygen atoms in total. The Morgan fingerprint density at radius 3 is 2.69 bits per heavy atom. The van der Waals surface area contributed by atoms with Gasteiger partial charge in [-0.1, -0.05) is 11.3 Å². The molecule has 0 radical (unpaired) electrons. The number of aliphatic hydroxyl groups is 1. The number of anilines is 1. The van der Waals surface area contributed by atoms with Crippen molar-refractivity contribution >= 4 is 16.5 Å². The van der Waals surface area contributed by atoms with Gasteiger partial charge in [0, 0.05) is 13.1 Å². The van der Waals surface area contributed by atoms with Crippen LogP contribution in [0.15, 0.2) is 0 Å². The zero-order chi connectivity index (χ0) is 9.26. The third-order valence-electron chi connectivity index (χ3n) is 2.40. The zero-order valence-electron chi connectivity index (χ0n) is 7.79. The highest BCUT2D eigenvalue weighted by atomic mass is 32.1. The Hall–Kier alpha value is -0.610. The van der Waals surface area contributed by atoms with Gasteiger partial charge in [-0.05, 0) is 19.8 Å². The lowest BCUT2D eigenvalue weighted by Crippen LogP contribution is -2.17. The fourth-order valence-corrected chi connectivity index (χ4v) is 2.58. The van der Waals surface area contributed by atoms with Gasteiger partial charge in [-0.2, -0.15) is 0 Å². The van der Waals surface area contributed by atoms with Gasteiger partial charge in [0.2, 0.25) is 0 Å². The Bertz CT molecular complexity index is 292. The van der Waals surface area contributed by atoms with E-state index >= 15 is 0 Å². The van der Waals surface area contributed by atoms with E-state index in [-0.39, 0.29) is 6.61 Å². The van der Waals surface area contributed by atoms with Gasteiger partial charge >= 0.3 is 0 Å². The van der Waals surface area contributed by atoms with E-state index in [0.29, 0.717) is 0 Å². The van der Waals surface area contributed by atoms with Crippen LogP contribution in [-0.4, -0.2) is 23.2 Å². The minimum atomic E-state index is 0.122. The maximum Gasteiger partial charge on any atom is 0.185 e. The number of aliphatic hydroxyl groups excluding tert-OH is 1. The molecule has 0 atom stereocenters. The Kier molecular flexibility index (Phi) is 2.51. The molecule has 0 unspecified atom stereocenters. The van der Waals surface area contributed by atoms with Crippen LogP contribution in [0.25, 0.3) is 0 Å². The predicted octanol–water partition coefficient (Wildman–Crippen LogP) is 1.54. The lowest BCUT2D eigenvalue weighted by atomic mass is 10.4. The molecule has 0 amide bonds. The highest BCUT2D eigenvalue weighted by Crippen LogP contribution is 2.28. The van der Waals surface area contributed by atoms with Crippen molar-refractivity contribution < 1.29 is 5.11 Å². The lowest BCUT2D eigenvalue weighted by Gasteiger charge is -2.11. The molecule has 72 valence electrons. The van der Waals surface area contributed by atoms with Gasteiger partial charge in [0.25, 0.3) is 0 Å². The number of hydrogen-bond acceptors (Lipinski definition) is 4. The zero-order valence-corrected chi connectivity index (χ0v) is 8.60. The molecule has 1 aliphatic heterocycles. The Labute approximate surface area is 82.0 Å². The molecule has 1 saturated heterocycles. The molecular weight excluding hydrogens is 184 g/mol. The van der Waals surface area contributed by atoms with Gasteiger partial charge in [0.1, 0.15) is 0 Å². The van der Waals surface area contributed by atoms with Crippen LogP contribution in [0.3, 0.4) is 0 Å². The molecule has 1 aromatic rings. The van der Waals surface area contributed by atoms with Gasteiger partial charge in [-0.3, -0.25) is 0 Å². The number of rotatable bonds is 2. The minimum absolute atomic E-state index is 0.122. The normalized spacial score (nSPS) is 16.9. The number of aryl methyl sites for hydroxylation is 1. The topological polar surface area (TPSA) is 36.4 Å². The first-order chi connectivity index (χ1) is 6.31. The van der Waals surface area contributed by atoms with Crippen LogP contribution in [0.2, 0.25) is 0 Å². The number of thiazole rings is 1. The molecule has 1 N–H and O–H groups in total. The maximum absolute atomic E-state index is 9.03. The summed E-state index contributed by atoms with van der Waals surface area (Å²) in [4.78, 5) is 7.75. The van der Waals surface area contributed by atoms with Gasteiger partial charge in [0.05, 0.1) is 17.2 Å². The molecule has 13 heavy (non-hydrogen) atoms. The summed E-state index contributed by atoms with van der Waals surface area (Å²) in [5.41, 5.74) is 0.981. The van der Waals surface area contributed by atoms with Crippen LogP contribution in [0.1, 0.15) is 23.4 Å². The largest absolute Gasteiger partial charge is 0.391 e. The van der Waals surface area contributed by atoms with Crippen molar-refractivity contribution in [2.45, 2.75) is 26.4 Å². The van der Waals surface area contributed by atoms with E-state index in [1.54, 1.807) is 11.3 Å². The summed E-state index contributed by atoms with van der Waals surface area (Å²) in [7, 11) is 0. The number of hydrogen-bond donors (Lipinski definition) is 1. The quantitative estimate of drug-likeness (QED) is 0.783. The monoisotopic (exact) mass is 198 g/mol. The second kappa shape index (κ2) is 3.64. The molecule has 2 heterocycles. The highest BCUT2D eigenvalue weighted by molar-refractivity contribution is 7.15. The molecule has 0 aliphatic carbocycles. The van der Waals surface area contributed by atoms with Crippen molar-refractivity contribution in [1.82, 2.24) is 4.98 Å². The van der Waals surface area contributed by atoms with Crippen molar-refractivity contribution in [2.24, 2.45) is 0 Å². The van der Waals surface area contributed by atoms with Crippen LogP contribution in [-0.2, 0) is 6.61 Å². The molecule has 0 aromatic carbocycles. The van der Waals surface area contributed by atoms with E-state index < -0.39 is 0 Å². The van der Waals surface area contributed by atoms with Crippen LogP contribution in [0.4, 0.5) is 5.13 Å². The predicted molar refractivity (Wildman–Crippen MR) is 54.2 cm³/mol. The van der Waals surface area contributed by atoms with Crippen LogP contribution < -0.4 is 4.90 Å². The SMILES string of the molecule is Cc1nc(N2CCCC2)sc1CO. The summed E-state index contributed by atoms with van der Waals surface area (Å²) >= 11 is 1.62. The molecule has 0 spiro atoms. The second-order valence-corrected chi connectivity index (χ2v) is 4.42. The Morgan fingerprint density at radius 2 is 2.15 bits per heavy atom. The van der Waals surface area contributed by atoms with E-state index in [1.807, 2.05) is 6.92 Å². The molecule has 0 saturated carbocycles. The summed E-state index contributed by atoms with van der Waals surface area (Å²) in [6.45, 7) is 4.33. The van der Waals surface area contributed by atoms with E-state index in [4.69, 9.17) is 5.11 Å². The van der Waals surface area contributed by atoms with Crippen molar-refractivity contribution in [2.75, 3.05) is 18.0 Å². The van der Waals surface area contributed by atoms with Gasteiger partial charge < -0.3 is 10.0 Å². The van der Waals surface area contributed by atoms with Crippen molar-refractivity contribution in [3.8, 4) is 0 Å². The lowest BCUT2D eigenvalue weighted by molar-refractivity contribution is 0.284. The number of nitrogens with zero attached hydrogens (tertiary/aromatic N) is 2. The van der Waals surface area contributed by atoms with Crippen molar-refractivity contribution in [1.29, 1.82) is 0 Å². The third kappa shape index (κ3) is 1.69. The van der Waals surface area contributed by atoms with E-state index in [0.717, 1.165) is 28.8 Å². The molecule has 0 bridgehead atoms. The second-order valence-electron chi connectivity index (χ2n) is 3.36. The Morgan fingerprint density at radius 1 is 1.46 bits per heavy atom. The standard InChI is InChI=1S/C9H14N2OS/c1-7-8(6-12)13-9(10-7)11-4-2-3-5-11/h12H,2-6H2,1H3. The van der Waals surface area contributed by atoms with E-state index in [1.165, 1.54) is 12.8 Å². The fraction of sp³-hybridized carbons (Fsp3) is 0.667. The summed E-state index contributed by atoms with van der Waals surface area (Å²) in [5.74, 6) is 0. The fourth-order valence-electron chi connectivity index (χ4n) is 1.60. The van der Waals surface area contributed by atoms with Crippen molar-refractivity contribution in [3.05, 3.63) is 10.6 Å². The summed E-state index contributed by atoms with van der Waals surface area (Å²) < 4.78 is 0. The highest BCUT2D eigenvalue weighted by Gasteiger charge is 2.16. The molecule has 1 aliphatic rings. The summed E-state index contributed by atoms with van der Waals surface area (Å²) in [6, 6.07) is 0. The van der Waals surface area contributed by atoms with Crippen molar-refractivity contribution in [3.63, 3.8) is 0 Å². The molecule has 2 rings (SSSR count). The van der Waals surface area contributed by atoms with Crippen LogP contribution >= 0.6 is 11.3 Å². The average Bonchev–Trinajstić information content (AvgIpc) is 2.71. The first kappa shape index (κ1) is 8.97. The first-order valence-electron chi connectivity index (χ1n) is 4.63. The smallest absolute Gasteiger partial charge is 0.185 e. The maximum atomic E-state index is 9.03. The molecular formula is C9H14N2OS. The van der Waals surface area contributed by atoms with E-state index in [9.17, 15) is 0 Å². The van der Waals surface area contributed by atoms with Gasteiger partial charge in [-0.15, -0.1) is 0 Å². The summed E-state index contributed by atoms with van der Waals surface area (Å²) in [6.07, 6.45) is 2.54. The molecule has 1 aromatic heterocycles. The van der Waals surface area contributed by atoms with Gasteiger partial charge in [-0.25, -0.2) is 4.98 Å². The molecule has 4 heteroatoms. The molecule has 1 fully saturated rings. The average molecular weight is 198 g/mol. The first-order valence-corrected chi connectivity index (χ1v) is 5.45.